The van der Waals surface area contributed by atoms with Crippen molar-refractivity contribution in [2.45, 2.75) is 69.6 Å². The number of anilines is 3. The van der Waals surface area contributed by atoms with Crippen LogP contribution in [0.15, 0.2) is 24.4 Å². The number of benzene rings is 1. The fourth-order valence-electron chi connectivity index (χ4n) is 4.69. The third-order valence-electron chi connectivity index (χ3n) is 6.52. The van der Waals surface area contributed by atoms with Crippen molar-refractivity contribution in [1.82, 2.24) is 19.5 Å². The summed E-state index contributed by atoms with van der Waals surface area (Å²) in [5, 5.41) is 16.3. The standard InChI is InChI=1S/C23H26F2N6O2/c24-13-1-10-19(18(25)11-13)28-23-29-20-12-26-22(27-14-2-6-16(32)7-3-14)30-21(20)31(23)15-4-8-17(33)9-5-15/h1,10-12,14-15,17,33H,2-9H2,(H,28,29)(H,26,27,30). The molecule has 2 aromatic heterocycles. The third kappa shape index (κ3) is 4.66. The molecule has 33 heavy (non-hydrogen) atoms. The van der Waals surface area contributed by atoms with Gasteiger partial charge in [-0.2, -0.15) is 4.98 Å². The van der Waals surface area contributed by atoms with E-state index in [4.69, 9.17) is 4.98 Å². The normalized spacial score (nSPS) is 22.0. The molecule has 3 N–H and O–H groups in total. The number of fused-ring (bicyclic) bond motifs is 1. The Hall–Kier alpha value is -3.14. The molecule has 0 bridgehead atoms. The fraction of sp³-hybridized carbons (Fsp3) is 0.478. The molecule has 2 saturated carbocycles. The quantitative estimate of drug-likeness (QED) is 0.527. The molecule has 10 heteroatoms. The molecule has 3 aromatic rings. The van der Waals surface area contributed by atoms with E-state index >= 15 is 0 Å². The number of imidazole rings is 1. The number of nitrogens with zero attached hydrogens (tertiary/aromatic N) is 4. The zero-order valence-electron chi connectivity index (χ0n) is 18.1. The van der Waals surface area contributed by atoms with E-state index in [9.17, 15) is 18.7 Å². The predicted molar refractivity (Wildman–Crippen MR) is 119 cm³/mol. The van der Waals surface area contributed by atoms with Crippen LogP contribution in [0, 0.1) is 11.6 Å². The minimum atomic E-state index is -0.715. The molecule has 2 aliphatic rings. The van der Waals surface area contributed by atoms with Crippen LogP contribution < -0.4 is 10.6 Å². The van der Waals surface area contributed by atoms with Gasteiger partial charge in [0.25, 0.3) is 0 Å². The van der Waals surface area contributed by atoms with E-state index in [0.29, 0.717) is 48.7 Å². The molecule has 2 fully saturated rings. The summed E-state index contributed by atoms with van der Waals surface area (Å²) in [6.07, 6.45) is 6.66. The number of aromatic nitrogens is 4. The van der Waals surface area contributed by atoms with E-state index in [1.807, 2.05) is 4.57 Å². The third-order valence-corrected chi connectivity index (χ3v) is 6.52. The molecular weight excluding hydrogens is 430 g/mol. The maximum atomic E-state index is 14.3. The summed E-state index contributed by atoms with van der Waals surface area (Å²) in [6.45, 7) is 0. The number of ketones is 1. The van der Waals surface area contributed by atoms with E-state index in [0.717, 1.165) is 31.7 Å². The van der Waals surface area contributed by atoms with E-state index in [1.165, 1.54) is 12.1 Å². The van der Waals surface area contributed by atoms with Gasteiger partial charge in [-0.25, -0.2) is 18.7 Å². The zero-order chi connectivity index (χ0) is 22.9. The van der Waals surface area contributed by atoms with Crippen LogP contribution in [0.4, 0.5) is 26.4 Å². The summed E-state index contributed by atoms with van der Waals surface area (Å²) in [5.74, 6) is -0.234. The molecule has 1 aromatic carbocycles. The fourth-order valence-corrected chi connectivity index (χ4v) is 4.69. The van der Waals surface area contributed by atoms with Gasteiger partial charge in [-0.05, 0) is 50.7 Å². The van der Waals surface area contributed by atoms with Crippen LogP contribution >= 0.6 is 0 Å². The average Bonchev–Trinajstić information content (AvgIpc) is 3.15. The number of aliphatic hydroxyl groups is 1. The SMILES string of the molecule is O=C1CCC(Nc2ncc3nc(Nc4ccc(F)cc4F)n(C4CCC(O)CC4)c3n2)CC1. The average molecular weight is 456 g/mol. The van der Waals surface area contributed by atoms with Gasteiger partial charge in [0, 0.05) is 31.0 Å². The Bertz CT molecular complexity index is 1170. The van der Waals surface area contributed by atoms with Gasteiger partial charge in [-0.3, -0.25) is 9.36 Å². The van der Waals surface area contributed by atoms with Crippen LogP contribution in [-0.4, -0.2) is 42.6 Å². The van der Waals surface area contributed by atoms with Crippen molar-refractivity contribution in [3.63, 3.8) is 0 Å². The van der Waals surface area contributed by atoms with Gasteiger partial charge in [-0.1, -0.05) is 0 Å². The van der Waals surface area contributed by atoms with Gasteiger partial charge in [0.2, 0.25) is 11.9 Å². The lowest BCUT2D eigenvalue weighted by Gasteiger charge is -2.28. The first-order valence-electron chi connectivity index (χ1n) is 11.4. The zero-order valence-corrected chi connectivity index (χ0v) is 18.1. The predicted octanol–water partition coefficient (Wildman–Crippen LogP) is 4.25. The summed E-state index contributed by atoms with van der Waals surface area (Å²) in [7, 11) is 0. The van der Waals surface area contributed by atoms with Crippen LogP contribution in [0.25, 0.3) is 11.2 Å². The monoisotopic (exact) mass is 456 g/mol. The molecule has 174 valence electrons. The van der Waals surface area contributed by atoms with Gasteiger partial charge in [0.15, 0.2) is 5.65 Å². The molecule has 8 nitrogen and oxygen atoms in total. The Morgan fingerprint density at radius 3 is 2.52 bits per heavy atom. The molecule has 0 atom stereocenters. The minimum Gasteiger partial charge on any atom is -0.393 e. The van der Waals surface area contributed by atoms with Crippen LogP contribution in [0.3, 0.4) is 0 Å². The number of halogens is 2. The Balaban J connectivity index is 1.50. The van der Waals surface area contributed by atoms with Crippen molar-refractivity contribution in [3.8, 4) is 0 Å². The number of carbonyl (C=O) groups excluding carboxylic acids is 1. The van der Waals surface area contributed by atoms with E-state index < -0.39 is 11.6 Å². The first kappa shape index (κ1) is 21.7. The van der Waals surface area contributed by atoms with E-state index in [-0.39, 0.29) is 29.7 Å². The van der Waals surface area contributed by atoms with Crippen LogP contribution in [0.2, 0.25) is 0 Å². The molecule has 0 radical (unpaired) electrons. The summed E-state index contributed by atoms with van der Waals surface area (Å²) in [5.41, 5.74) is 1.27. The number of hydrogen-bond donors (Lipinski definition) is 3. The van der Waals surface area contributed by atoms with Crippen molar-refractivity contribution in [2.75, 3.05) is 10.6 Å². The number of aliphatic hydroxyl groups excluding tert-OH is 1. The van der Waals surface area contributed by atoms with E-state index in [2.05, 4.69) is 20.6 Å². The summed E-state index contributed by atoms with van der Waals surface area (Å²) >= 11 is 0. The number of nitrogens with one attached hydrogen (secondary N) is 2. The van der Waals surface area contributed by atoms with Gasteiger partial charge in [0.05, 0.1) is 18.0 Å². The minimum absolute atomic E-state index is 0.0134. The highest BCUT2D eigenvalue weighted by Gasteiger charge is 2.27. The van der Waals surface area contributed by atoms with Gasteiger partial charge in [0.1, 0.15) is 22.9 Å². The molecule has 2 aliphatic carbocycles. The Kier molecular flexibility index (Phi) is 5.92. The highest BCUT2D eigenvalue weighted by Crippen LogP contribution is 2.35. The van der Waals surface area contributed by atoms with Crippen LogP contribution in [0.1, 0.15) is 57.4 Å². The highest BCUT2D eigenvalue weighted by molar-refractivity contribution is 5.79. The van der Waals surface area contributed by atoms with Crippen molar-refractivity contribution in [3.05, 3.63) is 36.0 Å². The van der Waals surface area contributed by atoms with Gasteiger partial charge < -0.3 is 15.7 Å². The topological polar surface area (TPSA) is 105 Å². The second-order valence-electron chi connectivity index (χ2n) is 8.88. The summed E-state index contributed by atoms with van der Waals surface area (Å²) in [4.78, 5) is 25.2. The van der Waals surface area contributed by atoms with E-state index in [1.54, 1.807) is 6.20 Å². The first-order chi connectivity index (χ1) is 16.0. The lowest BCUT2D eigenvalue weighted by atomic mass is 9.93. The number of carbonyl (C=O) groups is 1. The van der Waals surface area contributed by atoms with Crippen molar-refractivity contribution >= 4 is 34.5 Å². The van der Waals surface area contributed by atoms with Crippen LogP contribution in [-0.2, 0) is 4.79 Å². The largest absolute Gasteiger partial charge is 0.393 e. The number of rotatable bonds is 5. The Morgan fingerprint density at radius 2 is 1.79 bits per heavy atom. The van der Waals surface area contributed by atoms with Crippen molar-refractivity contribution in [1.29, 1.82) is 0 Å². The molecule has 0 spiro atoms. The molecular formula is C23H26F2N6O2. The lowest BCUT2D eigenvalue weighted by molar-refractivity contribution is -0.120. The highest BCUT2D eigenvalue weighted by atomic mass is 19.1. The molecule has 0 unspecified atom stereocenters. The molecule has 0 aliphatic heterocycles. The number of Topliss-reactive ketones (excluding diaryl/α,β-unsaturated/α-hetero) is 1. The molecule has 0 amide bonds. The maximum Gasteiger partial charge on any atom is 0.224 e. The number of hydrogen-bond acceptors (Lipinski definition) is 7. The van der Waals surface area contributed by atoms with Gasteiger partial charge >= 0.3 is 0 Å². The maximum absolute atomic E-state index is 14.3. The summed E-state index contributed by atoms with van der Waals surface area (Å²) < 4.78 is 29.6. The second-order valence-corrected chi connectivity index (χ2v) is 8.88. The molecule has 5 rings (SSSR count). The van der Waals surface area contributed by atoms with Crippen molar-refractivity contribution < 1.29 is 18.7 Å². The summed E-state index contributed by atoms with van der Waals surface area (Å²) in [6, 6.07) is 3.49. The second kappa shape index (κ2) is 9.01. The first-order valence-corrected chi connectivity index (χ1v) is 11.4. The van der Waals surface area contributed by atoms with Gasteiger partial charge in [-0.15, -0.1) is 0 Å². The Labute approximate surface area is 189 Å². The lowest BCUT2D eigenvalue weighted by Crippen LogP contribution is -2.27. The van der Waals surface area contributed by atoms with Crippen LogP contribution in [0.5, 0.6) is 0 Å². The molecule has 2 heterocycles. The molecule has 0 saturated heterocycles. The smallest absolute Gasteiger partial charge is 0.224 e. The Morgan fingerprint density at radius 1 is 1.03 bits per heavy atom. The van der Waals surface area contributed by atoms with Crippen molar-refractivity contribution in [2.24, 2.45) is 0 Å².